The molecule has 2 rings (SSSR count). The lowest BCUT2D eigenvalue weighted by Crippen LogP contribution is -2.33. The maximum atomic E-state index is 12.4. The Hall–Kier alpha value is -1.07. The fraction of sp³-hybridized carbons (Fsp3) is 0.467. The van der Waals surface area contributed by atoms with Crippen molar-refractivity contribution >= 4 is 44.5 Å². The number of aromatic nitrogens is 2. The Kier molecular flexibility index (Phi) is 5.65. The Morgan fingerprint density at radius 3 is 2.71 bits per heavy atom. The molecule has 0 saturated carbocycles. The van der Waals surface area contributed by atoms with Gasteiger partial charge in [-0.15, -0.1) is 11.6 Å². The smallest absolute Gasteiger partial charge is 0.242 e. The third kappa shape index (κ3) is 3.58. The average Bonchev–Trinajstić information content (AvgIpc) is 2.78. The summed E-state index contributed by atoms with van der Waals surface area (Å²) in [6, 6.07) is 5.90. The van der Waals surface area contributed by atoms with Crippen molar-refractivity contribution in [2.45, 2.75) is 26.8 Å². The first-order chi connectivity index (χ1) is 10.1. The topological polar surface area (TPSA) is 38.1 Å². The normalized spacial score (nSPS) is 11.0. The highest BCUT2D eigenvalue weighted by Gasteiger charge is 2.16. The molecule has 21 heavy (non-hydrogen) atoms. The molecule has 6 heteroatoms. The molecule has 0 radical (unpaired) electrons. The summed E-state index contributed by atoms with van der Waals surface area (Å²) in [7, 11) is 0. The van der Waals surface area contributed by atoms with E-state index in [4.69, 9.17) is 11.6 Å². The van der Waals surface area contributed by atoms with E-state index in [1.165, 1.54) is 0 Å². The maximum absolute atomic E-state index is 12.4. The lowest BCUT2D eigenvalue weighted by molar-refractivity contribution is -0.131. The van der Waals surface area contributed by atoms with Crippen LogP contribution in [0.5, 0.6) is 0 Å². The number of hydrogen-bond donors (Lipinski definition) is 0. The Bertz CT molecular complexity index is 637. The van der Waals surface area contributed by atoms with Crippen LogP contribution in [0.25, 0.3) is 11.0 Å². The van der Waals surface area contributed by atoms with Crippen LogP contribution >= 0.6 is 27.5 Å². The number of benzene rings is 1. The summed E-state index contributed by atoms with van der Waals surface area (Å²) in [4.78, 5) is 18.8. The molecule has 0 spiro atoms. The zero-order chi connectivity index (χ0) is 15.4. The van der Waals surface area contributed by atoms with Crippen LogP contribution in [0.3, 0.4) is 0 Å². The molecule has 0 aliphatic rings. The SMILES string of the molecule is CCN(CC)C(=O)Cn1c(CCCl)nc2ccc(Br)cc21. The van der Waals surface area contributed by atoms with E-state index in [9.17, 15) is 4.79 Å². The molecular weight excluding hydrogens is 354 g/mol. The first-order valence-electron chi connectivity index (χ1n) is 7.09. The van der Waals surface area contributed by atoms with E-state index in [0.717, 1.165) is 34.4 Å². The summed E-state index contributed by atoms with van der Waals surface area (Å²) < 4.78 is 2.95. The van der Waals surface area contributed by atoms with Crippen molar-refractivity contribution in [3.63, 3.8) is 0 Å². The zero-order valence-electron chi connectivity index (χ0n) is 12.3. The minimum Gasteiger partial charge on any atom is -0.342 e. The van der Waals surface area contributed by atoms with Gasteiger partial charge in [0.1, 0.15) is 12.4 Å². The van der Waals surface area contributed by atoms with E-state index in [2.05, 4.69) is 20.9 Å². The number of likely N-dealkylation sites (N-methyl/N-ethyl adjacent to an activating group) is 1. The van der Waals surface area contributed by atoms with E-state index in [1.54, 1.807) is 0 Å². The van der Waals surface area contributed by atoms with Gasteiger partial charge in [0.15, 0.2) is 0 Å². The predicted molar refractivity (Wildman–Crippen MR) is 89.8 cm³/mol. The van der Waals surface area contributed by atoms with Gasteiger partial charge in [0.25, 0.3) is 0 Å². The van der Waals surface area contributed by atoms with Crippen LogP contribution < -0.4 is 0 Å². The number of alkyl halides is 1. The van der Waals surface area contributed by atoms with E-state index in [1.807, 2.05) is 41.5 Å². The van der Waals surface area contributed by atoms with Crippen molar-refractivity contribution in [1.29, 1.82) is 0 Å². The molecule has 1 amide bonds. The van der Waals surface area contributed by atoms with Crippen LogP contribution in [-0.2, 0) is 17.8 Å². The number of fused-ring (bicyclic) bond motifs is 1. The Labute approximate surface area is 138 Å². The van der Waals surface area contributed by atoms with Gasteiger partial charge in [-0.05, 0) is 32.0 Å². The molecule has 0 unspecified atom stereocenters. The molecule has 2 aromatic rings. The molecule has 0 fully saturated rings. The molecule has 0 bridgehead atoms. The molecule has 0 aliphatic carbocycles. The number of halogens is 2. The van der Waals surface area contributed by atoms with Crippen LogP contribution in [-0.4, -0.2) is 39.3 Å². The lowest BCUT2D eigenvalue weighted by atomic mass is 10.3. The largest absolute Gasteiger partial charge is 0.342 e. The van der Waals surface area contributed by atoms with Gasteiger partial charge in [-0.1, -0.05) is 15.9 Å². The summed E-state index contributed by atoms with van der Waals surface area (Å²) in [6.45, 7) is 5.72. The number of carbonyl (C=O) groups is 1. The first kappa shape index (κ1) is 16.3. The van der Waals surface area contributed by atoms with Crippen molar-refractivity contribution < 1.29 is 4.79 Å². The minimum atomic E-state index is 0.107. The standard InChI is InChI=1S/C15H19BrClN3O/c1-3-19(4-2)15(21)10-20-13-9-11(16)5-6-12(13)18-14(20)7-8-17/h5-6,9H,3-4,7-8,10H2,1-2H3. The van der Waals surface area contributed by atoms with E-state index >= 15 is 0 Å². The molecule has 1 heterocycles. The van der Waals surface area contributed by atoms with Crippen LogP contribution in [0.4, 0.5) is 0 Å². The molecule has 114 valence electrons. The van der Waals surface area contributed by atoms with Gasteiger partial charge in [-0.3, -0.25) is 4.79 Å². The van der Waals surface area contributed by atoms with Gasteiger partial charge in [-0.25, -0.2) is 4.98 Å². The summed E-state index contributed by atoms with van der Waals surface area (Å²) in [6.07, 6.45) is 0.652. The number of aryl methyl sites for hydroxylation is 1. The summed E-state index contributed by atoms with van der Waals surface area (Å²) >= 11 is 9.34. The van der Waals surface area contributed by atoms with Gasteiger partial charge in [0.05, 0.1) is 11.0 Å². The monoisotopic (exact) mass is 371 g/mol. The van der Waals surface area contributed by atoms with Gasteiger partial charge in [0, 0.05) is 29.9 Å². The van der Waals surface area contributed by atoms with Crippen molar-refractivity contribution in [3.05, 3.63) is 28.5 Å². The third-order valence-corrected chi connectivity index (χ3v) is 4.20. The fourth-order valence-electron chi connectivity index (χ4n) is 2.41. The summed E-state index contributed by atoms with van der Waals surface area (Å²) in [5, 5.41) is 0. The van der Waals surface area contributed by atoms with Crippen LogP contribution in [0.2, 0.25) is 0 Å². The van der Waals surface area contributed by atoms with E-state index < -0.39 is 0 Å². The molecule has 4 nitrogen and oxygen atoms in total. The molecule has 1 aromatic carbocycles. The minimum absolute atomic E-state index is 0.107. The van der Waals surface area contributed by atoms with Crippen molar-refractivity contribution in [2.75, 3.05) is 19.0 Å². The van der Waals surface area contributed by atoms with Crippen LogP contribution in [0.1, 0.15) is 19.7 Å². The zero-order valence-corrected chi connectivity index (χ0v) is 14.6. The van der Waals surface area contributed by atoms with E-state index in [0.29, 0.717) is 18.8 Å². The molecule has 0 N–H and O–H groups in total. The fourth-order valence-corrected chi connectivity index (χ4v) is 2.93. The van der Waals surface area contributed by atoms with E-state index in [-0.39, 0.29) is 5.91 Å². The second-order valence-electron chi connectivity index (χ2n) is 4.75. The number of nitrogens with zero attached hydrogens (tertiary/aromatic N) is 3. The second-order valence-corrected chi connectivity index (χ2v) is 6.05. The Morgan fingerprint density at radius 1 is 1.38 bits per heavy atom. The predicted octanol–water partition coefficient (Wildman–Crippen LogP) is 3.45. The summed E-state index contributed by atoms with van der Waals surface area (Å²) in [5.74, 6) is 1.46. The number of rotatable bonds is 6. The maximum Gasteiger partial charge on any atom is 0.242 e. The van der Waals surface area contributed by atoms with Crippen molar-refractivity contribution in [3.8, 4) is 0 Å². The average molecular weight is 373 g/mol. The van der Waals surface area contributed by atoms with Gasteiger partial charge < -0.3 is 9.47 Å². The Balaban J connectivity index is 2.42. The third-order valence-electron chi connectivity index (χ3n) is 3.52. The highest BCUT2D eigenvalue weighted by Crippen LogP contribution is 2.22. The Morgan fingerprint density at radius 2 is 2.10 bits per heavy atom. The summed E-state index contributed by atoms with van der Waals surface area (Å²) in [5.41, 5.74) is 1.86. The second kappa shape index (κ2) is 7.27. The molecule has 0 saturated heterocycles. The molecule has 0 atom stereocenters. The molecular formula is C15H19BrClN3O. The number of carbonyl (C=O) groups excluding carboxylic acids is 1. The van der Waals surface area contributed by atoms with Gasteiger partial charge >= 0.3 is 0 Å². The van der Waals surface area contributed by atoms with Gasteiger partial charge in [-0.2, -0.15) is 0 Å². The quantitative estimate of drug-likeness (QED) is 0.728. The molecule has 0 aliphatic heterocycles. The number of amides is 1. The van der Waals surface area contributed by atoms with Gasteiger partial charge in [0.2, 0.25) is 5.91 Å². The first-order valence-corrected chi connectivity index (χ1v) is 8.41. The molecule has 1 aromatic heterocycles. The number of imidazole rings is 1. The number of hydrogen-bond acceptors (Lipinski definition) is 2. The van der Waals surface area contributed by atoms with Crippen LogP contribution in [0, 0.1) is 0 Å². The van der Waals surface area contributed by atoms with Crippen molar-refractivity contribution in [2.24, 2.45) is 0 Å². The van der Waals surface area contributed by atoms with Crippen molar-refractivity contribution in [1.82, 2.24) is 14.5 Å². The highest BCUT2D eigenvalue weighted by molar-refractivity contribution is 9.10. The van der Waals surface area contributed by atoms with Crippen LogP contribution in [0.15, 0.2) is 22.7 Å². The highest BCUT2D eigenvalue weighted by atomic mass is 79.9. The lowest BCUT2D eigenvalue weighted by Gasteiger charge is -2.19.